The lowest BCUT2D eigenvalue weighted by Gasteiger charge is -2.28. The van der Waals surface area contributed by atoms with E-state index in [1.165, 1.54) is 30.3 Å². The first kappa shape index (κ1) is 21.4. The van der Waals surface area contributed by atoms with Crippen molar-refractivity contribution in [1.82, 2.24) is 15.8 Å². The number of ether oxygens (including phenoxy) is 1. The van der Waals surface area contributed by atoms with Gasteiger partial charge in [-0.3, -0.25) is 4.79 Å². The Balaban J connectivity index is 1.63. The maximum atomic E-state index is 14.4. The van der Waals surface area contributed by atoms with Crippen molar-refractivity contribution in [2.24, 2.45) is 0 Å². The van der Waals surface area contributed by atoms with Crippen molar-refractivity contribution in [3.05, 3.63) is 59.4 Å². The van der Waals surface area contributed by atoms with Crippen LogP contribution in [0.5, 0.6) is 0 Å². The topological polar surface area (TPSA) is 86.4 Å². The Hall–Kier alpha value is -2.88. The molecule has 2 heterocycles. The summed E-state index contributed by atoms with van der Waals surface area (Å²) in [6, 6.07) is 7.64. The molecule has 1 aliphatic rings. The molecule has 164 valence electrons. The molecule has 0 aliphatic carbocycles. The molecule has 1 unspecified atom stereocenters. The van der Waals surface area contributed by atoms with Crippen molar-refractivity contribution in [3.63, 3.8) is 0 Å². The highest BCUT2D eigenvalue weighted by Gasteiger charge is 2.36. The maximum Gasteiger partial charge on any atom is 0.220 e. The van der Waals surface area contributed by atoms with Gasteiger partial charge in [-0.05, 0) is 54.3 Å². The molecule has 4 rings (SSSR count). The number of hydrogen-bond acceptors (Lipinski definition) is 4. The summed E-state index contributed by atoms with van der Waals surface area (Å²) < 4.78 is 47.0. The van der Waals surface area contributed by atoms with Crippen molar-refractivity contribution in [3.8, 4) is 11.3 Å². The number of aromatic amines is 1. The molecule has 2 aromatic carbocycles. The Bertz CT molecular complexity index is 1090. The molecule has 1 amide bonds. The zero-order valence-electron chi connectivity index (χ0n) is 16.6. The Kier molecular flexibility index (Phi) is 5.99. The first-order valence-corrected chi connectivity index (χ1v) is 9.92. The zero-order chi connectivity index (χ0) is 22.0. The summed E-state index contributed by atoms with van der Waals surface area (Å²) in [5.41, 5.74) is 3.17. The fourth-order valence-electron chi connectivity index (χ4n) is 4.03. The molecule has 1 fully saturated rings. The van der Waals surface area contributed by atoms with Gasteiger partial charge >= 0.3 is 0 Å². The highest BCUT2D eigenvalue weighted by atomic mass is 19.1. The van der Waals surface area contributed by atoms with E-state index < -0.39 is 23.0 Å². The van der Waals surface area contributed by atoms with E-state index in [4.69, 9.17) is 9.94 Å². The summed E-state index contributed by atoms with van der Waals surface area (Å²) in [5, 5.41) is 12.3. The summed E-state index contributed by atoms with van der Waals surface area (Å²) in [7, 11) is 0. The first-order chi connectivity index (χ1) is 14.9. The molecule has 1 atom stereocenters. The van der Waals surface area contributed by atoms with Gasteiger partial charge in [0.25, 0.3) is 0 Å². The third-order valence-corrected chi connectivity index (χ3v) is 5.59. The molecule has 0 bridgehead atoms. The Morgan fingerprint density at radius 3 is 2.61 bits per heavy atom. The summed E-state index contributed by atoms with van der Waals surface area (Å²) in [6.45, 7) is 0.886. The molecule has 4 N–H and O–H groups in total. The maximum absolute atomic E-state index is 14.4. The fraction of sp³-hybridized carbons (Fsp3) is 0.318. The average molecular weight is 433 g/mol. The molecule has 6 nitrogen and oxygen atoms in total. The predicted octanol–water partition coefficient (Wildman–Crippen LogP) is 3.44. The number of nitrogens with one attached hydrogen (secondary N) is 3. The standard InChI is InChI=1S/C22H22F3N3O3/c23-14-3-1-13(2-4-14)20-16(17-9-15(24)10-18(25)21(17)27-20)5-6-19(29)28-22(11-26-30)7-8-31-12-22/h1-4,9-10,26-27,30H,5-8,11-12H2,(H,28,29). The van der Waals surface area contributed by atoms with Crippen molar-refractivity contribution < 1.29 is 27.9 Å². The van der Waals surface area contributed by atoms with E-state index in [9.17, 15) is 18.0 Å². The van der Waals surface area contributed by atoms with Gasteiger partial charge in [0.1, 0.15) is 17.5 Å². The number of benzene rings is 2. The second-order valence-electron chi connectivity index (χ2n) is 7.76. The van der Waals surface area contributed by atoms with E-state index in [0.29, 0.717) is 35.2 Å². The number of H-pyrrole nitrogens is 1. The summed E-state index contributed by atoms with van der Waals surface area (Å²) in [4.78, 5) is 15.6. The number of carbonyl (C=O) groups is 1. The van der Waals surface area contributed by atoms with Crippen molar-refractivity contribution in [2.45, 2.75) is 24.8 Å². The molecular weight excluding hydrogens is 411 g/mol. The number of rotatable bonds is 7. The normalized spacial score (nSPS) is 18.6. The van der Waals surface area contributed by atoms with Crippen LogP contribution in [0, 0.1) is 17.5 Å². The van der Waals surface area contributed by atoms with Crippen LogP contribution in [-0.4, -0.2) is 41.4 Å². The summed E-state index contributed by atoms with van der Waals surface area (Å²) in [6.07, 6.45) is 0.800. The van der Waals surface area contributed by atoms with E-state index in [1.54, 1.807) is 0 Å². The number of hydrogen-bond donors (Lipinski definition) is 4. The van der Waals surface area contributed by atoms with E-state index in [2.05, 4.69) is 15.8 Å². The van der Waals surface area contributed by atoms with Gasteiger partial charge in [0.2, 0.25) is 5.91 Å². The molecule has 0 spiro atoms. The molecule has 31 heavy (non-hydrogen) atoms. The average Bonchev–Trinajstić information content (AvgIpc) is 3.32. The lowest BCUT2D eigenvalue weighted by atomic mass is 9.97. The SMILES string of the molecule is O=C(CCc1c(-c2ccc(F)cc2)[nH]c2c(F)cc(F)cc12)NC1(CNO)CCOC1. The monoisotopic (exact) mass is 433 g/mol. The van der Waals surface area contributed by atoms with E-state index in [0.717, 1.165) is 6.07 Å². The number of aryl methyl sites for hydroxylation is 1. The minimum atomic E-state index is -0.745. The summed E-state index contributed by atoms with van der Waals surface area (Å²) >= 11 is 0. The molecule has 1 saturated heterocycles. The van der Waals surface area contributed by atoms with Crippen LogP contribution in [0.3, 0.4) is 0 Å². The predicted molar refractivity (Wildman–Crippen MR) is 108 cm³/mol. The quantitative estimate of drug-likeness (QED) is 0.430. The van der Waals surface area contributed by atoms with Crippen molar-refractivity contribution in [2.75, 3.05) is 19.8 Å². The Morgan fingerprint density at radius 2 is 1.94 bits per heavy atom. The Labute approximate surface area is 176 Å². The Morgan fingerprint density at radius 1 is 1.16 bits per heavy atom. The number of aromatic nitrogens is 1. The molecule has 3 aromatic rings. The highest BCUT2D eigenvalue weighted by molar-refractivity contribution is 5.92. The fourth-order valence-corrected chi connectivity index (χ4v) is 4.03. The van der Waals surface area contributed by atoms with Gasteiger partial charge in [0.15, 0.2) is 0 Å². The van der Waals surface area contributed by atoms with Crippen LogP contribution in [0.1, 0.15) is 18.4 Å². The molecule has 9 heteroatoms. The van der Waals surface area contributed by atoms with Crippen LogP contribution in [0.15, 0.2) is 36.4 Å². The van der Waals surface area contributed by atoms with Crippen LogP contribution in [0.4, 0.5) is 13.2 Å². The van der Waals surface area contributed by atoms with Crippen LogP contribution >= 0.6 is 0 Å². The second kappa shape index (κ2) is 8.70. The highest BCUT2D eigenvalue weighted by Crippen LogP contribution is 2.33. The smallest absolute Gasteiger partial charge is 0.220 e. The molecule has 1 aromatic heterocycles. The zero-order valence-corrected chi connectivity index (χ0v) is 16.6. The molecule has 0 saturated carbocycles. The van der Waals surface area contributed by atoms with E-state index in [-0.39, 0.29) is 37.4 Å². The van der Waals surface area contributed by atoms with Gasteiger partial charge in [0.05, 0.1) is 17.7 Å². The number of fused-ring (bicyclic) bond motifs is 1. The molecule has 1 aliphatic heterocycles. The summed E-state index contributed by atoms with van der Waals surface area (Å²) in [5.74, 6) is -2.17. The van der Waals surface area contributed by atoms with Gasteiger partial charge in [-0.25, -0.2) is 18.7 Å². The third kappa shape index (κ3) is 4.43. The largest absolute Gasteiger partial charge is 0.379 e. The number of carbonyl (C=O) groups excluding carboxylic acids is 1. The number of amides is 1. The number of hydroxylamine groups is 1. The van der Waals surface area contributed by atoms with Crippen molar-refractivity contribution >= 4 is 16.8 Å². The van der Waals surface area contributed by atoms with E-state index in [1.807, 2.05) is 0 Å². The first-order valence-electron chi connectivity index (χ1n) is 9.92. The lowest BCUT2D eigenvalue weighted by Crippen LogP contribution is -2.55. The van der Waals surface area contributed by atoms with Gasteiger partial charge < -0.3 is 20.2 Å². The van der Waals surface area contributed by atoms with Crippen LogP contribution in [0.25, 0.3) is 22.2 Å². The number of halogens is 3. The minimum Gasteiger partial charge on any atom is -0.379 e. The van der Waals surface area contributed by atoms with Gasteiger partial charge in [0, 0.05) is 36.7 Å². The van der Waals surface area contributed by atoms with Crippen LogP contribution < -0.4 is 10.8 Å². The third-order valence-electron chi connectivity index (χ3n) is 5.59. The minimum absolute atomic E-state index is 0.0481. The van der Waals surface area contributed by atoms with Gasteiger partial charge in [-0.15, -0.1) is 0 Å². The van der Waals surface area contributed by atoms with Gasteiger partial charge in [-0.1, -0.05) is 0 Å². The van der Waals surface area contributed by atoms with Crippen LogP contribution in [0.2, 0.25) is 0 Å². The second-order valence-corrected chi connectivity index (χ2v) is 7.76. The molecular formula is C22H22F3N3O3. The van der Waals surface area contributed by atoms with E-state index >= 15 is 0 Å². The molecule has 0 radical (unpaired) electrons. The van der Waals surface area contributed by atoms with Crippen LogP contribution in [-0.2, 0) is 16.0 Å². The van der Waals surface area contributed by atoms with Crippen molar-refractivity contribution in [1.29, 1.82) is 0 Å². The van der Waals surface area contributed by atoms with Gasteiger partial charge in [-0.2, -0.15) is 0 Å². The lowest BCUT2D eigenvalue weighted by molar-refractivity contribution is -0.123.